The van der Waals surface area contributed by atoms with Crippen LogP contribution in [0.5, 0.6) is 5.75 Å². The van der Waals surface area contributed by atoms with Gasteiger partial charge in [0.1, 0.15) is 11.8 Å². The molecule has 0 radical (unpaired) electrons. The van der Waals surface area contributed by atoms with Crippen LogP contribution < -0.4 is 9.64 Å². The lowest BCUT2D eigenvalue weighted by Gasteiger charge is -2.29. The van der Waals surface area contributed by atoms with Crippen molar-refractivity contribution in [2.75, 3.05) is 25.7 Å². The molecule has 4 rings (SSSR count). The molecule has 1 amide bonds. The van der Waals surface area contributed by atoms with Crippen molar-refractivity contribution in [3.05, 3.63) is 78.3 Å². The van der Waals surface area contributed by atoms with Crippen LogP contribution in [0.15, 0.2) is 76.2 Å². The third-order valence-electron chi connectivity index (χ3n) is 5.43. The van der Waals surface area contributed by atoms with Crippen LogP contribution in [0.3, 0.4) is 0 Å². The van der Waals surface area contributed by atoms with Crippen molar-refractivity contribution >= 4 is 27.6 Å². The van der Waals surface area contributed by atoms with Crippen LogP contribution in [0.1, 0.15) is 16.1 Å². The normalized spacial score (nSPS) is 16.5. The van der Waals surface area contributed by atoms with Gasteiger partial charge in [0.15, 0.2) is 5.76 Å². The number of rotatable bonds is 5. The van der Waals surface area contributed by atoms with Crippen LogP contribution in [0.25, 0.3) is 0 Å². The Bertz CT molecular complexity index is 1250. The van der Waals surface area contributed by atoms with Crippen molar-refractivity contribution in [1.82, 2.24) is 4.31 Å². The molecule has 0 N–H and O–H groups in total. The van der Waals surface area contributed by atoms with Gasteiger partial charge in [-0.2, -0.15) is 4.31 Å². The predicted molar refractivity (Wildman–Crippen MR) is 118 cm³/mol. The topological polar surface area (TPSA) is 106 Å². The van der Waals surface area contributed by atoms with Gasteiger partial charge in [-0.1, -0.05) is 18.2 Å². The molecule has 3 aromatic rings. The molecule has 0 saturated heterocycles. The van der Waals surface area contributed by atoms with Gasteiger partial charge in [-0.15, -0.1) is 0 Å². The number of esters is 1. The summed E-state index contributed by atoms with van der Waals surface area (Å²) in [4.78, 5) is 27.4. The summed E-state index contributed by atoms with van der Waals surface area (Å²) in [6.45, 7) is -0.384. The SMILES string of the molecule is COC(=O)C1CN(C(=O)c2ccco2)c2ccccc2CN1S(=O)(=O)c1ccc(OC)cc1. The smallest absolute Gasteiger partial charge is 0.326 e. The summed E-state index contributed by atoms with van der Waals surface area (Å²) in [5.74, 6) is -0.711. The molecular weight excluding hydrogens is 448 g/mol. The maximum Gasteiger partial charge on any atom is 0.326 e. The first-order valence-electron chi connectivity index (χ1n) is 10.0. The summed E-state index contributed by atoms with van der Waals surface area (Å²) in [5, 5.41) is 0. The van der Waals surface area contributed by atoms with E-state index >= 15 is 0 Å². The van der Waals surface area contributed by atoms with E-state index in [2.05, 4.69) is 0 Å². The zero-order valence-corrected chi connectivity index (χ0v) is 18.8. The van der Waals surface area contributed by atoms with Crippen molar-refractivity contribution in [3.63, 3.8) is 0 Å². The number of fused-ring (bicyclic) bond motifs is 1. The lowest BCUT2D eigenvalue weighted by atomic mass is 10.1. The first-order valence-corrected chi connectivity index (χ1v) is 11.5. The number of amides is 1. The molecule has 0 fully saturated rings. The van der Waals surface area contributed by atoms with E-state index in [0.29, 0.717) is 17.0 Å². The number of anilines is 1. The Labute approximate surface area is 191 Å². The standard InChI is InChI=1S/C23H22N2O7S/c1-30-17-9-11-18(12-10-17)33(28,29)25-14-16-6-3-4-7-19(16)24(15-20(25)23(27)31-2)22(26)21-8-5-13-32-21/h3-13,20H,14-15H2,1-2H3. The molecule has 2 heterocycles. The molecule has 1 aliphatic heterocycles. The number of nitrogens with zero attached hydrogens (tertiary/aromatic N) is 2. The third-order valence-corrected chi connectivity index (χ3v) is 7.30. The van der Waals surface area contributed by atoms with Gasteiger partial charge in [-0.3, -0.25) is 9.59 Å². The van der Waals surface area contributed by atoms with E-state index in [9.17, 15) is 18.0 Å². The second kappa shape index (κ2) is 9.08. The molecule has 33 heavy (non-hydrogen) atoms. The highest BCUT2D eigenvalue weighted by Gasteiger charge is 2.42. The number of hydrogen-bond acceptors (Lipinski definition) is 7. The fourth-order valence-electron chi connectivity index (χ4n) is 3.74. The lowest BCUT2D eigenvalue weighted by molar-refractivity contribution is -0.144. The fraction of sp³-hybridized carbons (Fsp3) is 0.217. The summed E-state index contributed by atoms with van der Waals surface area (Å²) in [6.07, 6.45) is 1.37. The Kier molecular flexibility index (Phi) is 6.21. The van der Waals surface area contributed by atoms with Crippen LogP contribution in [0, 0.1) is 0 Å². The number of carbonyl (C=O) groups excluding carboxylic acids is 2. The number of carbonyl (C=O) groups is 2. The third kappa shape index (κ3) is 4.22. The Morgan fingerprint density at radius 2 is 1.73 bits per heavy atom. The molecule has 10 heteroatoms. The number of sulfonamides is 1. The van der Waals surface area contributed by atoms with E-state index in [1.807, 2.05) is 0 Å². The fourth-order valence-corrected chi connectivity index (χ4v) is 5.29. The molecule has 1 unspecified atom stereocenters. The highest BCUT2D eigenvalue weighted by Crippen LogP contribution is 2.32. The Balaban J connectivity index is 1.82. The number of para-hydroxylation sites is 1. The zero-order chi connectivity index (χ0) is 23.6. The largest absolute Gasteiger partial charge is 0.497 e. The first-order chi connectivity index (χ1) is 15.9. The minimum atomic E-state index is -4.14. The molecule has 1 aliphatic rings. The average Bonchev–Trinajstić information content (AvgIpc) is 3.32. The summed E-state index contributed by atoms with van der Waals surface area (Å²) in [5.41, 5.74) is 1.04. The van der Waals surface area contributed by atoms with Crippen molar-refractivity contribution in [1.29, 1.82) is 0 Å². The van der Waals surface area contributed by atoms with Gasteiger partial charge >= 0.3 is 5.97 Å². The summed E-state index contributed by atoms with van der Waals surface area (Å²) >= 11 is 0. The first kappa shape index (κ1) is 22.6. The van der Waals surface area contributed by atoms with Gasteiger partial charge in [0.05, 0.1) is 31.9 Å². The van der Waals surface area contributed by atoms with Crippen LogP contribution in [0.2, 0.25) is 0 Å². The highest BCUT2D eigenvalue weighted by molar-refractivity contribution is 7.89. The number of ether oxygens (including phenoxy) is 2. The van der Waals surface area contributed by atoms with Crippen molar-refractivity contribution in [2.45, 2.75) is 17.5 Å². The average molecular weight is 471 g/mol. The van der Waals surface area contributed by atoms with Crippen molar-refractivity contribution in [3.8, 4) is 5.75 Å². The second-order valence-electron chi connectivity index (χ2n) is 7.29. The number of furan rings is 1. The van der Waals surface area contributed by atoms with Gasteiger partial charge in [-0.05, 0) is 48.0 Å². The molecule has 0 saturated carbocycles. The molecular formula is C23H22N2O7S. The van der Waals surface area contributed by atoms with Crippen LogP contribution in [-0.4, -0.2) is 51.4 Å². The summed E-state index contributed by atoms with van der Waals surface area (Å²) in [6, 6.07) is 14.6. The second-order valence-corrected chi connectivity index (χ2v) is 9.18. The number of methoxy groups -OCH3 is 2. The van der Waals surface area contributed by atoms with Crippen molar-refractivity contribution < 1.29 is 31.9 Å². The molecule has 1 aromatic heterocycles. The van der Waals surface area contributed by atoms with E-state index in [4.69, 9.17) is 13.9 Å². The van der Waals surface area contributed by atoms with E-state index in [-0.39, 0.29) is 23.7 Å². The zero-order valence-electron chi connectivity index (χ0n) is 18.0. The minimum Gasteiger partial charge on any atom is -0.497 e. The molecule has 0 spiro atoms. The van der Waals surface area contributed by atoms with Gasteiger partial charge < -0.3 is 18.8 Å². The molecule has 172 valence electrons. The van der Waals surface area contributed by atoms with E-state index in [1.54, 1.807) is 30.3 Å². The number of hydrogen-bond donors (Lipinski definition) is 0. The van der Waals surface area contributed by atoms with Crippen LogP contribution in [0.4, 0.5) is 5.69 Å². The van der Waals surface area contributed by atoms with E-state index < -0.39 is 27.9 Å². The van der Waals surface area contributed by atoms with E-state index in [0.717, 1.165) is 4.31 Å². The number of benzene rings is 2. The molecule has 0 aliphatic carbocycles. The van der Waals surface area contributed by atoms with Gasteiger partial charge in [-0.25, -0.2) is 8.42 Å². The van der Waals surface area contributed by atoms with Gasteiger partial charge in [0, 0.05) is 12.2 Å². The van der Waals surface area contributed by atoms with Crippen molar-refractivity contribution in [2.24, 2.45) is 0 Å². The van der Waals surface area contributed by atoms with E-state index in [1.165, 1.54) is 55.7 Å². The molecule has 9 nitrogen and oxygen atoms in total. The Hall–Kier alpha value is -3.63. The quantitative estimate of drug-likeness (QED) is 0.528. The van der Waals surface area contributed by atoms with Crippen LogP contribution in [-0.2, 0) is 26.1 Å². The van der Waals surface area contributed by atoms with Gasteiger partial charge in [0.2, 0.25) is 10.0 Å². The van der Waals surface area contributed by atoms with Gasteiger partial charge in [0.25, 0.3) is 5.91 Å². The summed E-state index contributed by atoms with van der Waals surface area (Å²) < 4.78 is 43.7. The molecule has 0 bridgehead atoms. The highest BCUT2D eigenvalue weighted by atomic mass is 32.2. The maximum absolute atomic E-state index is 13.6. The maximum atomic E-state index is 13.6. The lowest BCUT2D eigenvalue weighted by Crippen LogP contribution is -2.50. The molecule has 1 atom stereocenters. The summed E-state index contributed by atoms with van der Waals surface area (Å²) in [7, 11) is -1.49. The minimum absolute atomic E-state index is 0.0134. The predicted octanol–water partition coefficient (Wildman–Crippen LogP) is 2.68. The van der Waals surface area contributed by atoms with Crippen LogP contribution >= 0.6 is 0 Å². The monoisotopic (exact) mass is 470 g/mol. The molecule has 2 aromatic carbocycles. The Morgan fingerprint density at radius 3 is 2.36 bits per heavy atom. The Morgan fingerprint density at radius 1 is 1.00 bits per heavy atom.